The van der Waals surface area contributed by atoms with Crippen LogP contribution in [0.4, 0.5) is 0 Å². The summed E-state index contributed by atoms with van der Waals surface area (Å²) in [7, 11) is 0. The van der Waals surface area contributed by atoms with Crippen molar-refractivity contribution in [3.63, 3.8) is 0 Å². The number of aliphatic carboxylic acids is 1. The van der Waals surface area contributed by atoms with Gasteiger partial charge >= 0.3 is 5.97 Å². The molecule has 0 spiro atoms. The molecule has 3 N–H and O–H groups in total. The number of nitrogens with one attached hydrogen (secondary N) is 2. The monoisotopic (exact) mass is 296 g/mol. The molecule has 2 amide bonds. The molecule has 0 radical (unpaired) electrons. The summed E-state index contributed by atoms with van der Waals surface area (Å²) in [6, 6.07) is 0. The highest BCUT2D eigenvalue weighted by Gasteiger charge is 2.36. The minimum Gasteiger partial charge on any atom is -0.481 e. The SMILES string of the molecule is O=C(NNC(=O)[C@@H]1CCCC[C@H]1C(=O)O)C1CCCCC1. The summed E-state index contributed by atoms with van der Waals surface area (Å²) < 4.78 is 0. The average Bonchev–Trinajstić information content (AvgIpc) is 2.53. The van der Waals surface area contributed by atoms with E-state index in [-0.39, 0.29) is 17.7 Å². The first-order valence-corrected chi connectivity index (χ1v) is 7.92. The second kappa shape index (κ2) is 7.43. The van der Waals surface area contributed by atoms with Crippen LogP contribution in [0.15, 0.2) is 0 Å². The van der Waals surface area contributed by atoms with Crippen LogP contribution in [0.2, 0.25) is 0 Å². The number of hydrogen-bond donors (Lipinski definition) is 3. The third kappa shape index (κ3) is 4.19. The third-order valence-electron chi connectivity index (χ3n) is 4.70. The second-order valence-electron chi connectivity index (χ2n) is 6.15. The van der Waals surface area contributed by atoms with Crippen molar-refractivity contribution in [2.24, 2.45) is 17.8 Å². The van der Waals surface area contributed by atoms with Crippen LogP contribution in [-0.2, 0) is 14.4 Å². The number of hydrogen-bond acceptors (Lipinski definition) is 3. The topological polar surface area (TPSA) is 95.5 Å². The summed E-state index contributed by atoms with van der Waals surface area (Å²) in [4.78, 5) is 35.3. The third-order valence-corrected chi connectivity index (χ3v) is 4.70. The molecule has 2 rings (SSSR count). The van der Waals surface area contributed by atoms with Crippen LogP contribution >= 0.6 is 0 Å². The van der Waals surface area contributed by atoms with E-state index in [1.165, 1.54) is 6.42 Å². The van der Waals surface area contributed by atoms with Crippen LogP contribution in [0.1, 0.15) is 57.8 Å². The Morgan fingerprint density at radius 3 is 1.86 bits per heavy atom. The zero-order valence-electron chi connectivity index (χ0n) is 12.3. The molecular weight excluding hydrogens is 272 g/mol. The Morgan fingerprint density at radius 2 is 1.24 bits per heavy atom. The zero-order chi connectivity index (χ0) is 15.2. The van der Waals surface area contributed by atoms with Gasteiger partial charge in [-0.05, 0) is 25.7 Å². The summed E-state index contributed by atoms with van der Waals surface area (Å²) in [6.07, 6.45) is 7.80. The Bertz CT molecular complexity index is 404. The standard InChI is InChI=1S/C15H24N2O4/c18-13(10-6-2-1-3-7-10)16-17-14(19)11-8-4-5-9-12(11)15(20)21/h10-12H,1-9H2,(H,16,18)(H,17,19)(H,20,21)/t11-,12-/m1/s1. The number of rotatable bonds is 3. The van der Waals surface area contributed by atoms with Crippen LogP contribution in [0.3, 0.4) is 0 Å². The van der Waals surface area contributed by atoms with Gasteiger partial charge in [0, 0.05) is 5.92 Å². The number of hydrazine groups is 1. The second-order valence-corrected chi connectivity index (χ2v) is 6.15. The first kappa shape index (κ1) is 15.8. The summed E-state index contributed by atoms with van der Waals surface area (Å²) in [5, 5.41) is 9.17. The summed E-state index contributed by atoms with van der Waals surface area (Å²) >= 11 is 0. The van der Waals surface area contributed by atoms with E-state index < -0.39 is 17.8 Å². The van der Waals surface area contributed by atoms with Gasteiger partial charge in [-0.25, -0.2) is 0 Å². The Morgan fingerprint density at radius 1 is 0.714 bits per heavy atom. The highest BCUT2D eigenvalue weighted by atomic mass is 16.4. The molecule has 0 bridgehead atoms. The van der Waals surface area contributed by atoms with Crippen molar-refractivity contribution in [1.29, 1.82) is 0 Å². The van der Waals surface area contributed by atoms with Crippen molar-refractivity contribution in [2.75, 3.05) is 0 Å². The molecule has 6 nitrogen and oxygen atoms in total. The Labute approximate surface area is 124 Å². The first-order valence-electron chi connectivity index (χ1n) is 7.92. The van der Waals surface area contributed by atoms with Gasteiger partial charge < -0.3 is 5.11 Å². The van der Waals surface area contributed by atoms with Gasteiger partial charge in [0.1, 0.15) is 0 Å². The predicted molar refractivity (Wildman–Crippen MR) is 75.9 cm³/mol. The molecule has 118 valence electrons. The normalized spacial score (nSPS) is 26.9. The minimum atomic E-state index is -0.923. The van der Waals surface area contributed by atoms with E-state index in [9.17, 15) is 19.5 Å². The molecule has 2 aliphatic rings. The molecule has 6 heteroatoms. The summed E-state index contributed by atoms with van der Waals surface area (Å²) in [5.41, 5.74) is 4.91. The maximum atomic E-state index is 12.1. The van der Waals surface area contributed by atoms with Crippen molar-refractivity contribution in [3.05, 3.63) is 0 Å². The molecule has 0 unspecified atom stereocenters. The number of amides is 2. The van der Waals surface area contributed by atoms with Crippen LogP contribution in [0.25, 0.3) is 0 Å². The Balaban J connectivity index is 1.82. The molecule has 0 heterocycles. The van der Waals surface area contributed by atoms with Crippen LogP contribution in [0, 0.1) is 17.8 Å². The first-order chi connectivity index (χ1) is 10.1. The van der Waals surface area contributed by atoms with Crippen molar-refractivity contribution in [2.45, 2.75) is 57.8 Å². The smallest absolute Gasteiger partial charge is 0.307 e. The van der Waals surface area contributed by atoms with E-state index in [0.717, 1.165) is 38.5 Å². The van der Waals surface area contributed by atoms with Crippen LogP contribution < -0.4 is 10.9 Å². The molecule has 2 saturated carbocycles. The Hall–Kier alpha value is -1.59. The fourth-order valence-corrected chi connectivity index (χ4v) is 3.42. The minimum absolute atomic E-state index is 0.0272. The molecule has 0 aliphatic heterocycles. The van der Waals surface area contributed by atoms with Gasteiger partial charge in [-0.1, -0.05) is 32.1 Å². The van der Waals surface area contributed by atoms with E-state index in [1.807, 2.05) is 0 Å². The average molecular weight is 296 g/mol. The molecule has 0 saturated heterocycles. The van der Waals surface area contributed by atoms with Crippen molar-refractivity contribution in [1.82, 2.24) is 10.9 Å². The van der Waals surface area contributed by atoms with Gasteiger partial charge in [0.2, 0.25) is 11.8 Å². The molecule has 0 aromatic heterocycles. The van der Waals surface area contributed by atoms with Crippen LogP contribution in [-0.4, -0.2) is 22.9 Å². The summed E-state index contributed by atoms with van der Waals surface area (Å²) in [5.74, 6) is -2.64. The Kier molecular flexibility index (Phi) is 5.59. The molecule has 0 aromatic carbocycles. The molecular formula is C15H24N2O4. The number of carbonyl (C=O) groups excluding carboxylic acids is 2. The van der Waals surface area contributed by atoms with Gasteiger partial charge in [0.05, 0.1) is 11.8 Å². The van der Waals surface area contributed by atoms with Gasteiger partial charge in [-0.3, -0.25) is 25.2 Å². The van der Waals surface area contributed by atoms with E-state index >= 15 is 0 Å². The van der Waals surface area contributed by atoms with E-state index in [2.05, 4.69) is 10.9 Å². The number of carbonyl (C=O) groups is 3. The lowest BCUT2D eigenvalue weighted by Gasteiger charge is -2.28. The fourth-order valence-electron chi connectivity index (χ4n) is 3.42. The fraction of sp³-hybridized carbons (Fsp3) is 0.800. The van der Waals surface area contributed by atoms with Crippen molar-refractivity contribution >= 4 is 17.8 Å². The largest absolute Gasteiger partial charge is 0.481 e. The van der Waals surface area contributed by atoms with Gasteiger partial charge in [0.15, 0.2) is 0 Å². The lowest BCUT2D eigenvalue weighted by molar-refractivity contribution is -0.149. The maximum absolute atomic E-state index is 12.1. The molecule has 2 atom stereocenters. The van der Waals surface area contributed by atoms with Gasteiger partial charge in [-0.15, -0.1) is 0 Å². The molecule has 2 fully saturated rings. The van der Waals surface area contributed by atoms with Gasteiger partial charge in [-0.2, -0.15) is 0 Å². The number of carboxylic acids is 1. The zero-order valence-corrected chi connectivity index (χ0v) is 12.3. The molecule has 2 aliphatic carbocycles. The predicted octanol–water partition coefficient (Wildman–Crippen LogP) is 1.61. The molecule has 21 heavy (non-hydrogen) atoms. The summed E-state index contributed by atoms with van der Waals surface area (Å²) in [6.45, 7) is 0. The van der Waals surface area contributed by atoms with Gasteiger partial charge in [0.25, 0.3) is 0 Å². The van der Waals surface area contributed by atoms with Crippen molar-refractivity contribution in [3.8, 4) is 0 Å². The number of carboxylic acid groups (broad SMARTS) is 1. The van der Waals surface area contributed by atoms with Crippen molar-refractivity contribution < 1.29 is 19.5 Å². The quantitative estimate of drug-likeness (QED) is 0.689. The highest BCUT2D eigenvalue weighted by molar-refractivity contribution is 5.87. The maximum Gasteiger partial charge on any atom is 0.307 e. The van der Waals surface area contributed by atoms with E-state index in [0.29, 0.717) is 12.8 Å². The van der Waals surface area contributed by atoms with E-state index in [4.69, 9.17) is 0 Å². The lowest BCUT2D eigenvalue weighted by Crippen LogP contribution is -2.49. The lowest BCUT2D eigenvalue weighted by atomic mass is 9.79. The van der Waals surface area contributed by atoms with E-state index in [1.54, 1.807) is 0 Å². The van der Waals surface area contributed by atoms with Crippen LogP contribution in [0.5, 0.6) is 0 Å². The molecule has 0 aromatic rings. The highest BCUT2D eigenvalue weighted by Crippen LogP contribution is 2.30.